The topological polar surface area (TPSA) is 26.3 Å². The van der Waals surface area contributed by atoms with Crippen LogP contribution in [0, 0.1) is 0 Å². The lowest BCUT2D eigenvalue weighted by molar-refractivity contribution is -0.118. The summed E-state index contributed by atoms with van der Waals surface area (Å²) in [5.41, 5.74) is 0. The number of ketones is 1. The third-order valence-electron chi connectivity index (χ3n) is 2.56. The summed E-state index contributed by atoms with van der Waals surface area (Å²) in [7, 11) is 0. The lowest BCUT2D eigenvalue weighted by Crippen LogP contribution is -2.05. The Morgan fingerprint density at radius 1 is 1.11 bits per heavy atom. The van der Waals surface area contributed by atoms with Crippen molar-refractivity contribution in [3.05, 3.63) is 52.7 Å². The van der Waals surface area contributed by atoms with Crippen molar-refractivity contribution in [2.75, 3.05) is 6.61 Å². The molecule has 1 aromatic carbocycles. The molecule has 94 valence electrons. The van der Waals surface area contributed by atoms with Crippen LogP contribution in [-0.2, 0) is 11.2 Å². The lowest BCUT2D eigenvalue weighted by Gasteiger charge is -2.05. The van der Waals surface area contributed by atoms with Gasteiger partial charge in [-0.25, -0.2) is 0 Å². The molecule has 2 nitrogen and oxygen atoms in total. The molecule has 0 aliphatic heterocycles. The van der Waals surface area contributed by atoms with E-state index in [0.717, 1.165) is 17.0 Å². The fourth-order valence-electron chi connectivity index (χ4n) is 1.67. The van der Waals surface area contributed by atoms with E-state index < -0.39 is 0 Å². The Labute approximate surface area is 111 Å². The third kappa shape index (κ3) is 4.34. The van der Waals surface area contributed by atoms with E-state index in [-0.39, 0.29) is 5.78 Å². The van der Waals surface area contributed by atoms with Crippen LogP contribution in [0.4, 0.5) is 0 Å². The molecule has 0 bridgehead atoms. The zero-order valence-electron chi connectivity index (χ0n) is 10.2. The number of hydrogen-bond acceptors (Lipinski definition) is 3. The molecule has 2 rings (SSSR count). The summed E-state index contributed by atoms with van der Waals surface area (Å²) in [5, 5.41) is 2.00. The molecule has 1 aromatic heterocycles. The van der Waals surface area contributed by atoms with Gasteiger partial charge in [-0.3, -0.25) is 4.79 Å². The average Bonchev–Trinajstić information content (AvgIpc) is 2.89. The molecular formula is C15H16O2S. The van der Waals surface area contributed by atoms with E-state index in [0.29, 0.717) is 19.4 Å². The average molecular weight is 260 g/mol. The second kappa shape index (κ2) is 6.97. The molecule has 2 aromatic rings. The molecule has 3 heteroatoms. The third-order valence-corrected chi connectivity index (χ3v) is 3.44. The molecule has 0 fully saturated rings. The number of para-hydroxylation sites is 1. The predicted molar refractivity (Wildman–Crippen MR) is 74.2 cm³/mol. The minimum Gasteiger partial charge on any atom is -0.494 e. The summed E-state index contributed by atoms with van der Waals surface area (Å²) < 4.78 is 5.54. The van der Waals surface area contributed by atoms with Crippen LogP contribution in [0.1, 0.15) is 17.7 Å². The smallest absolute Gasteiger partial charge is 0.138 e. The summed E-state index contributed by atoms with van der Waals surface area (Å²) >= 11 is 1.64. The quantitative estimate of drug-likeness (QED) is 0.709. The highest BCUT2D eigenvalue weighted by molar-refractivity contribution is 7.10. The van der Waals surface area contributed by atoms with Crippen LogP contribution in [0.15, 0.2) is 47.8 Å². The van der Waals surface area contributed by atoms with Crippen LogP contribution >= 0.6 is 11.3 Å². The maximum absolute atomic E-state index is 11.7. The van der Waals surface area contributed by atoms with Gasteiger partial charge in [-0.1, -0.05) is 24.3 Å². The fraction of sp³-hybridized carbons (Fsp3) is 0.267. The summed E-state index contributed by atoms with van der Waals surface area (Å²) in [6, 6.07) is 13.7. The number of ether oxygens (including phenoxy) is 1. The Hall–Kier alpha value is -1.61. The van der Waals surface area contributed by atoms with Crippen molar-refractivity contribution in [1.29, 1.82) is 0 Å². The number of carbonyl (C=O) groups is 1. The summed E-state index contributed by atoms with van der Waals surface area (Å²) in [6.07, 6.45) is 1.92. The van der Waals surface area contributed by atoms with E-state index in [1.165, 1.54) is 0 Å². The van der Waals surface area contributed by atoms with Gasteiger partial charge in [0.15, 0.2) is 0 Å². The van der Waals surface area contributed by atoms with Gasteiger partial charge in [0.25, 0.3) is 0 Å². The lowest BCUT2D eigenvalue weighted by atomic mass is 10.1. The highest BCUT2D eigenvalue weighted by Gasteiger charge is 2.04. The van der Waals surface area contributed by atoms with Crippen LogP contribution in [0.5, 0.6) is 5.75 Å². The number of rotatable bonds is 7. The molecule has 0 spiro atoms. The summed E-state index contributed by atoms with van der Waals surface area (Å²) in [6.45, 7) is 0.597. The van der Waals surface area contributed by atoms with E-state index in [1.54, 1.807) is 11.3 Å². The molecule has 0 unspecified atom stereocenters. The first-order valence-corrected chi connectivity index (χ1v) is 6.94. The molecule has 0 saturated carbocycles. The predicted octanol–water partition coefficient (Wildman–Crippen LogP) is 3.72. The van der Waals surface area contributed by atoms with Crippen LogP contribution in [0.3, 0.4) is 0 Å². The number of Topliss-reactive ketones (excluding diaryl/α,β-unsaturated/α-hetero) is 1. The standard InChI is InChI=1S/C15H16O2S/c16-13(12-15-9-5-11-18-15)6-4-10-17-14-7-2-1-3-8-14/h1-3,5,7-9,11H,4,6,10,12H2. The Morgan fingerprint density at radius 2 is 1.94 bits per heavy atom. The van der Waals surface area contributed by atoms with Gasteiger partial charge in [0.1, 0.15) is 11.5 Å². The first-order valence-electron chi connectivity index (χ1n) is 6.06. The van der Waals surface area contributed by atoms with Gasteiger partial charge in [-0.2, -0.15) is 0 Å². The van der Waals surface area contributed by atoms with Crippen LogP contribution < -0.4 is 4.74 Å². The monoisotopic (exact) mass is 260 g/mol. The van der Waals surface area contributed by atoms with E-state index in [1.807, 2.05) is 47.8 Å². The second-order valence-corrected chi connectivity index (χ2v) is 5.09. The van der Waals surface area contributed by atoms with Crippen molar-refractivity contribution < 1.29 is 9.53 Å². The van der Waals surface area contributed by atoms with Gasteiger partial charge < -0.3 is 4.74 Å². The van der Waals surface area contributed by atoms with Gasteiger partial charge in [0, 0.05) is 17.7 Å². The fourth-order valence-corrected chi connectivity index (χ4v) is 2.41. The molecule has 18 heavy (non-hydrogen) atoms. The number of thiophene rings is 1. The molecule has 0 radical (unpaired) electrons. The van der Waals surface area contributed by atoms with Crippen molar-refractivity contribution >= 4 is 17.1 Å². The number of benzene rings is 1. The van der Waals surface area contributed by atoms with Gasteiger partial charge in [-0.15, -0.1) is 11.3 Å². The molecule has 0 aliphatic rings. The zero-order valence-corrected chi connectivity index (χ0v) is 11.0. The largest absolute Gasteiger partial charge is 0.494 e. The van der Waals surface area contributed by atoms with Gasteiger partial charge >= 0.3 is 0 Å². The van der Waals surface area contributed by atoms with Gasteiger partial charge in [0.2, 0.25) is 0 Å². The summed E-state index contributed by atoms with van der Waals surface area (Å²) in [4.78, 5) is 12.8. The Balaban J connectivity index is 1.62. The molecule has 0 atom stereocenters. The second-order valence-electron chi connectivity index (χ2n) is 4.06. The van der Waals surface area contributed by atoms with E-state index in [9.17, 15) is 4.79 Å². The summed E-state index contributed by atoms with van der Waals surface area (Å²) in [5.74, 6) is 1.15. The van der Waals surface area contributed by atoms with Crippen LogP contribution in [0.25, 0.3) is 0 Å². The van der Waals surface area contributed by atoms with Crippen molar-refractivity contribution in [2.24, 2.45) is 0 Å². The first kappa shape index (κ1) is 12.8. The number of hydrogen-bond donors (Lipinski definition) is 0. The Bertz CT molecular complexity index is 463. The minimum absolute atomic E-state index is 0.286. The van der Waals surface area contributed by atoms with Gasteiger partial charge in [-0.05, 0) is 30.0 Å². The van der Waals surface area contributed by atoms with Crippen molar-refractivity contribution in [2.45, 2.75) is 19.3 Å². The van der Waals surface area contributed by atoms with Crippen molar-refractivity contribution in [3.8, 4) is 5.75 Å². The molecular weight excluding hydrogens is 244 g/mol. The molecule has 0 amide bonds. The van der Waals surface area contributed by atoms with Crippen molar-refractivity contribution in [3.63, 3.8) is 0 Å². The van der Waals surface area contributed by atoms with Gasteiger partial charge in [0.05, 0.1) is 6.61 Å². The number of carbonyl (C=O) groups excluding carboxylic acids is 1. The van der Waals surface area contributed by atoms with E-state index >= 15 is 0 Å². The molecule has 1 heterocycles. The highest BCUT2D eigenvalue weighted by atomic mass is 32.1. The van der Waals surface area contributed by atoms with E-state index in [2.05, 4.69) is 0 Å². The Kier molecular flexibility index (Phi) is 4.97. The highest BCUT2D eigenvalue weighted by Crippen LogP contribution is 2.12. The van der Waals surface area contributed by atoms with Crippen LogP contribution in [-0.4, -0.2) is 12.4 Å². The maximum atomic E-state index is 11.7. The molecule has 0 saturated heterocycles. The zero-order chi connectivity index (χ0) is 12.6. The van der Waals surface area contributed by atoms with Crippen LogP contribution in [0.2, 0.25) is 0 Å². The Morgan fingerprint density at radius 3 is 2.67 bits per heavy atom. The van der Waals surface area contributed by atoms with E-state index in [4.69, 9.17) is 4.74 Å². The van der Waals surface area contributed by atoms with Crippen molar-refractivity contribution in [1.82, 2.24) is 0 Å². The minimum atomic E-state index is 0.286. The molecule has 0 aliphatic carbocycles. The molecule has 0 N–H and O–H groups in total. The first-order chi connectivity index (χ1) is 8.84. The normalized spacial score (nSPS) is 10.2. The maximum Gasteiger partial charge on any atom is 0.138 e. The SMILES string of the molecule is O=C(CCCOc1ccccc1)Cc1cccs1.